The molecule has 2 aliphatic heterocycles. The second-order valence-electron chi connectivity index (χ2n) is 7.79. The largest absolute Gasteiger partial charge is 0.454 e. The average molecular weight is 420 g/mol. The smallest absolute Gasteiger partial charge is 0.336 e. The van der Waals surface area contributed by atoms with Crippen LogP contribution in [-0.4, -0.2) is 43.0 Å². The van der Waals surface area contributed by atoms with Gasteiger partial charge in [0.1, 0.15) is 11.3 Å². The number of nitrogens with zero attached hydrogens (tertiary/aromatic N) is 2. The molecule has 0 bridgehead atoms. The third kappa shape index (κ3) is 3.15. The summed E-state index contributed by atoms with van der Waals surface area (Å²) >= 11 is 0. The van der Waals surface area contributed by atoms with E-state index in [9.17, 15) is 4.79 Å². The van der Waals surface area contributed by atoms with Gasteiger partial charge in [0, 0.05) is 54.3 Å². The molecule has 3 aromatic heterocycles. The van der Waals surface area contributed by atoms with E-state index in [1.807, 2.05) is 25.3 Å². The van der Waals surface area contributed by atoms with Crippen molar-refractivity contribution in [2.75, 3.05) is 33.1 Å². The van der Waals surface area contributed by atoms with Crippen LogP contribution in [0.2, 0.25) is 0 Å². The lowest BCUT2D eigenvalue weighted by Gasteiger charge is -2.26. The lowest BCUT2D eigenvalue weighted by atomic mass is 10.1. The van der Waals surface area contributed by atoms with Gasteiger partial charge in [0.05, 0.1) is 18.9 Å². The van der Waals surface area contributed by atoms with Crippen molar-refractivity contribution in [3.8, 4) is 22.8 Å². The Hall–Kier alpha value is -3.36. The summed E-state index contributed by atoms with van der Waals surface area (Å²) in [6.45, 7) is 6.08. The highest BCUT2D eigenvalue weighted by Gasteiger charge is 2.21. The Kier molecular flexibility index (Phi) is 4.22. The molecular formula is C23H20N2O6. The maximum atomic E-state index is 12.3. The van der Waals surface area contributed by atoms with Crippen molar-refractivity contribution in [3.05, 3.63) is 52.1 Å². The van der Waals surface area contributed by atoms with Crippen LogP contribution in [0.1, 0.15) is 11.3 Å². The van der Waals surface area contributed by atoms with Gasteiger partial charge >= 0.3 is 5.63 Å². The number of fused-ring (bicyclic) bond motifs is 3. The van der Waals surface area contributed by atoms with Gasteiger partial charge in [0.25, 0.3) is 0 Å². The Bertz CT molecular complexity index is 1370. The molecule has 1 fully saturated rings. The summed E-state index contributed by atoms with van der Waals surface area (Å²) in [6.07, 6.45) is 1.90. The first kappa shape index (κ1) is 18.4. The number of hydrogen-bond donors (Lipinski definition) is 0. The van der Waals surface area contributed by atoms with Crippen molar-refractivity contribution < 1.29 is 23.0 Å². The van der Waals surface area contributed by atoms with Crippen LogP contribution < -0.4 is 15.1 Å². The summed E-state index contributed by atoms with van der Waals surface area (Å²) < 4.78 is 28.0. The number of hydrogen-bond acceptors (Lipinski definition) is 8. The quantitative estimate of drug-likeness (QED) is 0.466. The molecule has 5 heterocycles. The van der Waals surface area contributed by atoms with Crippen LogP contribution in [0.5, 0.6) is 11.5 Å². The second kappa shape index (κ2) is 7.11. The van der Waals surface area contributed by atoms with Gasteiger partial charge < -0.3 is 23.0 Å². The van der Waals surface area contributed by atoms with E-state index in [0.29, 0.717) is 28.4 Å². The number of aryl methyl sites for hydroxylation is 1. The van der Waals surface area contributed by atoms with Gasteiger partial charge in [-0.05, 0) is 24.6 Å². The van der Waals surface area contributed by atoms with Gasteiger partial charge in [-0.3, -0.25) is 9.88 Å². The zero-order valence-corrected chi connectivity index (χ0v) is 17.0. The standard InChI is InChI=1S/C23H20N2O6/c1-13-23-15(14(10-24-13)11-25-2-4-27-5-3-25)6-18(31-23)17-8-22(26)30-19-9-21-20(7-16(17)19)28-12-29-21/h6-10H,2-5,11-12H2,1H3. The molecule has 0 spiro atoms. The van der Waals surface area contributed by atoms with E-state index in [2.05, 4.69) is 9.88 Å². The number of morpholine rings is 1. The van der Waals surface area contributed by atoms with Crippen molar-refractivity contribution in [1.29, 1.82) is 0 Å². The maximum Gasteiger partial charge on any atom is 0.336 e. The highest BCUT2D eigenvalue weighted by atomic mass is 16.7. The third-order valence-corrected chi connectivity index (χ3v) is 5.82. The molecule has 6 rings (SSSR count). The van der Waals surface area contributed by atoms with Gasteiger partial charge in [-0.2, -0.15) is 0 Å². The molecule has 0 aliphatic carbocycles. The molecule has 158 valence electrons. The normalized spacial score (nSPS) is 16.4. The molecule has 8 nitrogen and oxygen atoms in total. The Morgan fingerprint density at radius 3 is 2.65 bits per heavy atom. The Morgan fingerprint density at radius 1 is 1.00 bits per heavy atom. The van der Waals surface area contributed by atoms with E-state index in [4.69, 9.17) is 23.0 Å². The van der Waals surface area contributed by atoms with Gasteiger partial charge in [0.15, 0.2) is 17.1 Å². The first-order chi connectivity index (χ1) is 15.2. The number of pyridine rings is 1. The lowest BCUT2D eigenvalue weighted by molar-refractivity contribution is 0.0343. The van der Waals surface area contributed by atoms with Crippen LogP contribution in [0, 0.1) is 6.92 Å². The molecule has 1 saturated heterocycles. The van der Waals surface area contributed by atoms with E-state index in [0.717, 1.165) is 60.5 Å². The van der Waals surface area contributed by atoms with E-state index in [-0.39, 0.29) is 6.79 Å². The molecule has 0 unspecified atom stereocenters. The fourth-order valence-electron chi connectivity index (χ4n) is 4.22. The van der Waals surface area contributed by atoms with Crippen LogP contribution in [0.15, 0.2) is 44.1 Å². The number of rotatable bonds is 3. The molecule has 8 heteroatoms. The minimum Gasteiger partial charge on any atom is -0.454 e. The van der Waals surface area contributed by atoms with Crippen molar-refractivity contribution in [2.45, 2.75) is 13.5 Å². The summed E-state index contributed by atoms with van der Waals surface area (Å²) in [5, 5.41) is 1.72. The van der Waals surface area contributed by atoms with Gasteiger partial charge in [0.2, 0.25) is 6.79 Å². The minimum atomic E-state index is -0.454. The maximum absolute atomic E-state index is 12.3. The molecule has 0 N–H and O–H groups in total. The van der Waals surface area contributed by atoms with E-state index >= 15 is 0 Å². The molecule has 0 saturated carbocycles. The van der Waals surface area contributed by atoms with E-state index in [1.165, 1.54) is 6.07 Å². The molecule has 0 amide bonds. The topological polar surface area (TPSA) is 87.2 Å². The summed E-state index contributed by atoms with van der Waals surface area (Å²) in [5.41, 5.74) is 3.24. The minimum absolute atomic E-state index is 0.144. The van der Waals surface area contributed by atoms with Gasteiger partial charge in [-0.15, -0.1) is 0 Å². The van der Waals surface area contributed by atoms with E-state index in [1.54, 1.807) is 6.07 Å². The fraction of sp³-hybridized carbons (Fsp3) is 0.304. The van der Waals surface area contributed by atoms with Gasteiger partial charge in [-0.1, -0.05) is 0 Å². The lowest BCUT2D eigenvalue weighted by Crippen LogP contribution is -2.35. The predicted molar refractivity (Wildman–Crippen MR) is 112 cm³/mol. The van der Waals surface area contributed by atoms with Crippen molar-refractivity contribution in [1.82, 2.24) is 9.88 Å². The molecular weight excluding hydrogens is 400 g/mol. The molecule has 4 aromatic rings. The number of ether oxygens (including phenoxy) is 3. The first-order valence-electron chi connectivity index (χ1n) is 10.2. The zero-order chi connectivity index (χ0) is 20.9. The first-order valence-corrected chi connectivity index (χ1v) is 10.2. The Balaban J connectivity index is 1.50. The van der Waals surface area contributed by atoms with Crippen LogP contribution in [-0.2, 0) is 11.3 Å². The fourth-order valence-corrected chi connectivity index (χ4v) is 4.22. The number of furan rings is 1. The summed E-state index contributed by atoms with van der Waals surface area (Å²) in [4.78, 5) is 19.2. The number of aromatic nitrogens is 1. The highest BCUT2D eigenvalue weighted by Crippen LogP contribution is 2.40. The summed E-state index contributed by atoms with van der Waals surface area (Å²) in [7, 11) is 0. The molecule has 0 radical (unpaired) electrons. The average Bonchev–Trinajstić information content (AvgIpc) is 3.42. The van der Waals surface area contributed by atoms with Crippen LogP contribution >= 0.6 is 0 Å². The van der Waals surface area contributed by atoms with Crippen LogP contribution in [0.3, 0.4) is 0 Å². The predicted octanol–water partition coefficient (Wildman–Crippen LogP) is 3.47. The Morgan fingerprint density at radius 2 is 1.81 bits per heavy atom. The molecule has 1 aromatic carbocycles. The van der Waals surface area contributed by atoms with Crippen molar-refractivity contribution >= 4 is 21.9 Å². The number of benzene rings is 1. The molecule has 0 atom stereocenters. The Labute approximate surface area is 176 Å². The van der Waals surface area contributed by atoms with Crippen LogP contribution in [0.25, 0.3) is 33.3 Å². The van der Waals surface area contributed by atoms with Crippen LogP contribution in [0.4, 0.5) is 0 Å². The SMILES string of the molecule is Cc1ncc(CN2CCOCC2)c2cc(-c3cc(=O)oc4cc5c(cc34)OCO5)oc12. The van der Waals surface area contributed by atoms with Crippen molar-refractivity contribution in [3.63, 3.8) is 0 Å². The van der Waals surface area contributed by atoms with E-state index < -0.39 is 5.63 Å². The molecule has 31 heavy (non-hydrogen) atoms. The second-order valence-corrected chi connectivity index (χ2v) is 7.79. The summed E-state index contributed by atoms with van der Waals surface area (Å²) in [5.74, 6) is 1.76. The monoisotopic (exact) mass is 420 g/mol. The molecule has 2 aliphatic rings. The third-order valence-electron chi connectivity index (χ3n) is 5.82. The zero-order valence-electron chi connectivity index (χ0n) is 17.0. The van der Waals surface area contributed by atoms with Crippen molar-refractivity contribution in [2.24, 2.45) is 0 Å². The highest BCUT2D eigenvalue weighted by molar-refractivity contribution is 5.97. The summed E-state index contributed by atoms with van der Waals surface area (Å²) in [6, 6.07) is 6.94. The van der Waals surface area contributed by atoms with Gasteiger partial charge in [-0.25, -0.2) is 4.79 Å².